The number of nitrogens with zero attached hydrogens (tertiary/aromatic N) is 4. The molecule has 0 saturated heterocycles. The normalized spacial score (nSPS) is 11.8. The minimum Gasteiger partial charge on any atom is -0.748 e. The summed E-state index contributed by atoms with van der Waals surface area (Å²) in [6, 6.07) is 22.8. The number of esters is 1. The quantitative estimate of drug-likeness (QED) is 0.0128. The molecule has 0 saturated carbocycles. The second-order valence-corrected chi connectivity index (χ2v) is 18.1. The monoisotopic (exact) mass is 1000 g/mol. The van der Waals surface area contributed by atoms with Crippen LogP contribution in [0.15, 0.2) is 95.9 Å². The number of primary amides is 1. The predicted molar refractivity (Wildman–Crippen MR) is 264 cm³/mol. The zero-order valence-electron chi connectivity index (χ0n) is 39.2. The predicted octanol–water partition coefficient (Wildman–Crippen LogP) is 2.20. The van der Waals surface area contributed by atoms with Crippen LogP contribution in [-0.4, -0.2) is 101 Å². The lowest BCUT2D eigenvalue weighted by Crippen LogP contribution is -2.47. The maximum atomic E-state index is 14.1. The third-order valence-corrected chi connectivity index (χ3v) is 12.1. The summed E-state index contributed by atoms with van der Waals surface area (Å²) >= 11 is 0. The van der Waals surface area contributed by atoms with Crippen LogP contribution < -0.4 is 47.6 Å². The number of nitrogens with two attached hydrogens (primary N) is 2. The van der Waals surface area contributed by atoms with Gasteiger partial charge in [-0.2, -0.15) is 9.55 Å². The van der Waals surface area contributed by atoms with E-state index in [0.717, 1.165) is 0 Å². The fourth-order valence-corrected chi connectivity index (χ4v) is 8.44. The van der Waals surface area contributed by atoms with Crippen molar-refractivity contribution in [2.75, 3.05) is 43.1 Å². The molecule has 3 heterocycles. The number of aryl methyl sites for hydroxylation is 3. The van der Waals surface area contributed by atoms with Crippen molar-refractivity contribution in [1.82, 2.24) is 35.9 Å². The van der Waals surface area contributed by atoms with Crippen molar-refractivity contribution in [1.29, 1.82) is 0 Å². The second kappa shape index (κ2) is 23.0. The SMILES string of the molecule is Cc1cc(C(=O)NCCOCCNC(=O)C(CCC(N)=O)NC(=O)c2ccc(NCc3cnc4nc(N)[nH]c(=O)c4n3)cc2)cc(C)c1OC(=O)c1c2ccccc2[n+](CCCS(=O)(=O)[O-])c2ccccc12. The molecule has 7 rings (SSSR count). The molecular formula is C49H51N11O11S. The van der Waals surface area contributed by atoms with E-state index >= 15 is 0 Å². The Morgan fingerprint density at radius 1 is 0.847 bits per heavy atom. The first-order chi connectivity index (χ1) is 34.4. The number of pyridine rings is 1. The van der Waals surface area contributed by atoms with Crippen molar-refractivity contribution in [3.63, 3.8) is 0 Å². The van der Waals surface area contributed by atoms with Crippen molar-refractivity contribution >= 4 is 84.3 Å². The number of aromatic amines is 1. The highest BCUT2D eigenvalue weighted by Crippen LogP contribution is 2.30. The number of hydrogen-bond donors (Lipinski definition) is 7. The van der Waals surface area contributed by atoms with Crippen LogP contribution in [0.1, 0.15) is 67.2 Å². The largest absolute Gasteiger partial charge is 0.748 e. The van der Waals surface area contributed by atoms with E-state index < -0.39 is 57.1 Å². The van der Waals surface area contributed by atoms with Crippen molar-refractivity contribution in [2.45, 2.75) is 52.2 Å². The van der Waals surface area contributed by atoms with Gasteiger partial charge in [-0.25, -0.2) is 23.2 Å². The zero-order chi connectivity index (χ0) is 51.5. The number of fused-ring (bicyclic) bond motifs is 3. The van der Waals surface area contributed by atoms with Gasteiger partial charge in [0.1, 0.15) is 11.8 Å². The Balaban J connectivity index is 0.873. The second-order valence-electron chi connectivity index (χ2n) is 16.6. The van der Waals surface area contributed by atoms with Gasteiger partial charge in [0.05, 0.1) is 58.1 Å². The highest BCUT2D eigenvalue weighted by atomic mass is 32.2. The maximum Gasteiger partial charge on any atom is 0.345 e. The molecule has 0 radical (unpaired) electrons. The van der Waals surface area contributed by atoms with E-state index in [1.807, 2.05) is 16.7 Å². The van der Waals surface area contributed by atoms with Gasteiger partial charge in [0.2, 0.25) is 28.8 Å². The van der Waals surface area contributed by atoms with E-state index in [9.17, 15) is 41.7 Å². The van der Waals surface area contributed by atoms with Gasteiger partial charge in [0.25, 0.3) is 17.4 Å². The fraction of sp³-hybridized carbons (Fsp3) is 0.265. The average Bonchev–Trinajstić information content (AvgIpc) is 3.34. The number of aromatic nitrogens is 5. The number of carbonyl (C=O) groups is 5. The Bertz CT molecular complexity index is 3310. The Hall–Kier alpha value is -8.41. The lowest BCUT2D eigenvalue weighted by molar-refractivity contribution is -0.645. The molecular weight excluding hydrogens is 951 g/mol. The van der Waals surface area contributed by atoms with Gasteiger partial charge in [-0.05, 0) is 79.9 Å². The summed E-state index contributed by atoms with van der Waals surface area (Å²) in [6.45, 7) is 4.21. The Morgan fingerprint density at radius 3 is 2.12 bits per heavy atom. The third-order valence-electron chi connectivity index (χ3n) is 11.3. The van der Waals surface area contributed by atoms with Crippen LogP contribution in [-0.2, 0) is 37.5 Å². The summed E-state index contributed by atoms with van der Waals surface area (Å²) in [5.74, 6) is -3.12. The number of nitrogen functional groups attached to an aromatic ring is 1. The topological polar surface area (TPSA) is 337 Å². The minimum atomic E-state index is -4.42. The number of amides is 4. The third kappa shape index (κ3) is 13.1. The van der Waals surface area contributed by atoms with E-state index in [2.05, 4.69) is 41.2 Å². The summed E-state index contributed by atoms with van der Waals surface area (Å²) in [5.41, 5.74) is 14.9. The van der Waals surface area contributed by atoms with E-state index in [4.69, 9.17) is 20.9 Å². The zero-order valence-corrected chi connectivity index (χ0v) is 40.0. The molecule has 0 aliphatic heterocycles. The summed E-state index contributed by atoms with van der Waals surface area (Å²) in [5, 5.41) is 12.4. The van der Waals surface area contributed by atoms with Crippen LogP contribution >= 0.6 is 0 Å². The molecule has 72 heavy (non-hydrogen) atoms. The summed E-state index contributed by atoms with van der Waals surface area (Å²) in [4.78, 5) is 92.1. The highest BCUT2D eigenvalue weighted by Gasteiger charge is 2.27. The van der Waals surface area contributed by atoms with Crippen molar-refractivity contribution < 1.29 is 51.0 Å². The first kappa shape index (κ1) is 51.4. The number of rotatable bonds is 22. The number of nitrogens with one attached hydrogen (secondary N) is 5. The van der Waals surface area contributed by atoms with E-state index in [1.165, 1.54) is 6.20 Å². The molecule has 9 N–H and O–H groups in total. The Morgan fingerprint density at radius 2 is 1.49 bits per heavy atom. The molecule has 0 aliphatic rings. The number of carbonyl (C=O) groups excluding carboxylic acids is 5. The number of para-hydroxylation sites is 2. The van der Waals surface area contributed by atoms with E-state index in [-0.39, 0.29) is 87.1 Å². The molecule has 1 atom stereocenters. The van der Waals surface area contributed by atoms with Crippen molar-refractivity contribution in [3.8, 4) is 5.75 Å². The molecule has 3 aromatic heterocycles. The van der Waals surface area contributed by atoms with Gasteiger partial charge >= 0.3 is 5.97 Å². The van der Waals surface area contributed by atoms with Crippen molar-refractivity contribution in [2.24, 2.45) is 5.73 Å². The number of hydrogen-bond acceptors (Lipinski definition) is 16. The highest BCUT2D eigenvalue weighted by molar-refractivity contribution is 7.85. The van der Waals surface area contributed by atoms with Crippen LogP contribution in [0.5, 0.6) is 5.75 Å². The van der Waals surface area contributed by atoms with Gasteiger partial charge in [0.15, 0.2) is 17.7 Å². The van der Waals surface area contributed by atoms with Gasteiger partial charge in [-0.1, -0.05) is 24.3 Å². The summed E-state index contributed by atoms with van der Waals surface area (Å²) in [7, 11) is -4.42. The van der Waals surface area contributed by atoms with Gasteiger partial charge in [-0.15, -0.1) is 0 Å². The molecule has 0 fully saturated rings. The van der Waals surface area contributed by atoms with Gasteiger partial charge < -0.3 is 46.8 Å². The fourth-order valence-electron chi connectivity index (χ4n) is 7.96. The average molecular weight is 1000 g/mol. The first-order valence-corrected chi connectivity index (χ1v) is 24.2. The number of benzene rings is 4. The number of H-pyrrole nitrogens is 1. The van der Waals surface area contributed by atoms with E-state index in [0.29, 0.717) is 55.4 Å². The number of anilines is 2. The molecule has 4 aromatic carbocycles. The summed E-state index contributed by atoms with van der Waals surface area (Å²) in [6.07, 6.45) is 1.33. The first-order valence-electron chi connectivity index (χ1n) is 22.6. The van der Waals surface area contributed by atoms with E-state index in [1.54, 1.807) is 86.6 Å². The van der Waals surface area contributed by atoms with Crippen LogP contribution in [0.3, 0.4) is 0 Å². The number of ether oxygens (including phenoxy) is 2. The molecule has 23 heteroatoms. The van der Waals surface area contributed by atoms with Gasteiger partial charge in [0, 0.05) is 60.6 Å². The lowest BCUT2D eigenvalue weighted by Gasteiger charge is -2.18. The Kier molecular flexibility index (Phi) is 16.4. The van der Waals surface area contributed by atoms with Crippen LogP contribution in [0.4, 0.5) is 11.6 Å². The molecule has 374 valence electrons. The van der Waals surface area contributed by atoms with Gasteiger partial charge in [-0.3, -0.25) is 29.0 Å². The molecule has 22 nitrogen and oxygen atoms in total. The molecule has 0 bridgehead atoms. The molecule has 0 spiro atoms. The summed E-state index contributed by atoms with van der Waals surface area (Å²) < 4.78 is 47.6. The van der Waals surface area contributed by atoms with Crippen LogP contribution in [0, 0.1) is 13.8 Å². The molecule has 7 aromatic rings. The standard InChI is InChI=1S/C49H51N11O11S/c1-28-24-31(25-29(2)42(28)71-48(66)40-34-8-3-5-10-37(34)60(20-7-23-72(67,68)69)38-11-6-4-9-35(38)40)44(62)52-18-21-70-22-19-53-46(64)36(16-17-39(50)61)57-45(63)30-12-14-32(15-13-30)54-26-33-27-55-43-41(56-33)47(65)59-49(51)58-43/h3-6,8-15,24-25,27,36H,7,16-23,26H2,1-2H3,(H9-,50,51,52,53,54,55,57,58,59,61,62,63,64,65,67,68,69). The molecule has 0 aliphatic carbocycles. The smallest absolute Gasteiger partial charge is 0.345 e. The van der Waals surface area contributed by atoms with Crippen molar-refractivity contribution in [3.05, 3.63) is 135 Å². The molecule has 1 unspecified atom stereocenters. The molecule has 4 amide bonds. The minimum absolute atomic E-state index is 0.0392. The van der Waals surface area contributed by atoms with Crippen LogP contribution in [0.25, 0.3) is 33.0 Å². The Labute approximate surface area is 411 Å². The lowest BCUT2D eigenvalue weighted by atomic mass is 10.0. The van der Waals surface area contributed by atoms with Crippen LogP contribution in [0.2, 0.25) is 0 Å². The maximum absolute atomic E-state index is 14.1.